The van der Waals surface area contributed by atoms with Gasteiger partial charge in [-0.3, -0.25) is 9.10 Å². The van der Waals surface area contributed by atoms with Crippen LogP contribution in [-0.4, -0.2) is 32.2 Å². The number of hydrogen-bond donors (Lipinski definition) is 1. The van der Waals surface area contributed by atoms with Crippen LogP contribution in [0.5, 0.6) is 0 Å². The smallest absolute Gasteiger partial charge is 0.244 e. The van der Waals surface area contributed by atoms with Gasteiger partial charge in [-0.15, -0.1) is 0 Å². The van der Waals surface area contributed by atoms with Crippen LogP contribution >= 0.6 is 11.6 Å². The summed E-state index contributed by atoms with van der Waals surface area (Å²) in [7, 11) is -3.70. The third-order valence-electron chi connectivity index (χ3n) is 4.69. The van der Waals surface area contributed by atoms with E-state index in [0.29, 0.717) is 23.6 Å². The van der Waals surface area contributed by atoms with Crippen molar-refractivity contribution in [2.75, 3.05) is 10.6 Å². The summed E-state index contributed by atoms with van der Waals surface area (Å²) >= 11 is 6.21. The largest absolute Gasteiger partial charge is 0.349 e. The van der Waals surface area contributed by atoms with Crippen molar-refractivity contribution in [1.82, 2.24) is 5.32 Å². The molecule has 0 saturated carbocycles. The van der Waals surface area contributed by atoms with E-state index in [4.69, 9.17) is 11.6 Å². The van der Waals surface area contributed by atoms with Crippen molar-refractivity contribution >= 4 is 33.2 Å². The molecule has 29 heavy (non-hydrogen) atoms. The Hall–Kier alpha value is -2.05. The van der Waals surface area contributed by atoms with Crippen LogP contribution in [0.3, 0.4) is 0 Å². The molecule has 0 radical (unpaired) electrons. The Morgan fingerprint density at radius 2 is 1.79 bits per heavy atom. The molecule has 2 aromatic rings. The van der Waals surface area contributed by atoms with Gasteiger partial charge < -0.3 is 5.32 Å². The SMILES string of the molecule is CCC(C(=O)NC(C)(C)Cc1ccccc1)N(c1ccc(C)c(Cl)c1)S(C)(=O)=O. The Labute approximate surface area is 179 Å². The van der Waals surface area contributed by atoms with Crippen molar-refractivity contribution < 1.29 is 13.2 Å². The quantitative estimate of drug-likeness (QED) is 0.669. The van der Waals surface area contributed by atoms with Gasteiger partial charge in [0.1, 0.15) is 6.04 Å². The Balaban J connectivity index is 2.31. The molecule has 0 saturated heterocycles. The fourth-order valence-electron chi connectivity index (χ4n) is 3.35. The number of carbonyl (C=O) groups excluding carboxylic acids is 1. The lowest BCUT2D eigenvalue weighted by atomic mass is 9.94. The summed E-state index contributed by atoms with van der Waals surface area (Å²) < 4.78 is 26.3. The first-order valence-electron chi connectivity index (χ1n) is 9.56. The van der Waals surface area contributed by atoms with E-state index >= 15 is 0 Å². The van der Waals surface area contributed by atoms with Crippen LogP contribution in [-0.2, 0) is 21.2 Å². The van der Waals surface area contributed by atoms with Crippen molar-refractivity contribution in [3.8, 4) is 0 Å². The second-order valence-corrected chi connectivity index (χ2v) is 10.2. The van der Waals surface area contributed by atoms with Gasteiger partial charge in [0.05, 0.1) is 11.9 Å². The molecule has 0 fully saturated rings. The van der Waals surface area contributed by atoms with Crippen molar-refractivity contribution in [2.24, 2.45) is 0 Å². The predicted molar refractivity (Wildman–Crippen MR) is 120 cm³/mol. The van der Waals surface area contributed by atoms with Gasteiger partial charge in [-0.25, -0.2) is 8.42 Å². The zero-order valence-electron chi connectivity index (χ0n) is 17.6. The molecule has 0 aliphatic carbocycles. The summed E-state index contributed by atoms with van der Waals surface area (Å²) in [6.07, 6.45) is 2.06. The van der Waals surface area contributed by atoms with Crippen molar-refractivity contribution in [3.05, 3.63) is 64.7 Å². The van der Waals surface area contributed by atoms with Crippen LogP contribution in [0.2, 0.25) is 5.02 Å². The number of rotatable bonds is 8. The third-order valence-corrected chi connectivity index (χ3v) is 6.28. The third kappa shape index (κ3) is 6.21. The lowest BCUT2D eigenvalue weighted by Gasteiger charge is -2.34. The van der Waals surface area contributed by atoms with Gasteiger partial charge in [-0.05, 0) is 56.9 Å². The average Bonchev–Trinajstić information content (AvgIpc) is 2.61. The van der Waals surface area contributed by atoms with E-state index in [1.807, 2.05) is 51.1 Å². The Bertz CT molecular complexity index is 959. The van der Waals surface area contributed by atoms with E-state index in [9.17, 15) is 13.2 Å². The molecule has 0 aromatic heterocycles. The first-order valence-corrected chi connectivity index (χ1v) is 11.8. The van der Waals surface area contributed by atoms with Gasteiger partial charge in [0.25, 0.3) is 0 Å². The van der Waals surface area contributed by atoms with Crippen LogP contribution in [0.1, 0.15) is 38.3 Å². The van der Waals surface area contributed by atoms with E-state index in [0.717, 1.165) is 21.7 Å². The summed E-state index contributed by atoms with van der Waals surface area (Å²) in [6.45, 7) is 7.49. The number of anilines is 1. The zero-order valence-corrected chi connectivity index (χ0v) is 19.1. The number of hydrogen-bond acceptors (Lipinski definition) is 3. The van der Waals surface area contributed by atoms with Crippen LogP contribution in [0, 0.1) is 6.92 Å². The summed E-state index contributed by atoms with van der Waals surface area (Å²) in [6, 6.07) is 14.0. The molecule has 2 aromatic carbocycles. The van der Waals surface area contributed by atoms with Gasteiger partial charge in [0.2, 0.25) is 15.9 Å². The molecule has 1 N–H and O–H groups in total. The fourth-order valence-corrected chi connectivity index (χ4v) is 4.72. The number of sulfonamides is 1. The van der Waals surface area contributed by atoms with E-state index in [-0.39, 0.29) is 5.91 Å². The topological polar surface area (TPSA) is 66.5 Å². The number of carbonyl (C=O) groups is 1. The summed E-state index contributed by atoms with van der Waals surface area (Å²) in [5.41, 5.74) is 1.77. The minimum atomic E-state index is -3.70. The predicted octanol–water partition coefficient (Wildman–Crippen LogP) is 4.33. The van der Waals surface area contributed by atoms with E-state index < -0.39 is 21.6 Å². The average molecular weight is 437 g/mol. The Morgan fingerprint density at radius 1 is 1.17 bits per heavy atom. The molecule has 0 aliphatic rings. The molecular weight excluding hydrogens is 408 g/mol. The van der Waals surface area contributed by atoms with Gasteiger partial charge >= 0.3 is 0 Å². The second kappa shape index (κ2) is 9.18. The maximum Gasteiger partial charge on any atom is 0.244 e. The van der Waals surface area contributed by atoms with Gasteiger partial charge in [0.15, 0.2) is 0 Å². The molecule has 0 spiro atoms. The molecule has 0 aliphatic heterocycles. The maximum absolute atomic E-state index is 13.1. The highest BCUT2D eigenvalue weighted by atomic mass is 35.5. The monoisotopic (exact) mass is 436 g/mol. The minimum absolute atomic E-state index is 0.325. The molecule has 1 unspecified atom stereocenters. The standard InChI is InChI=1S/C22H29ClN2O3S/c1-6-20(21(26)24-22(3,4)15-17-10-8-7-9-11-17)25(29(5,27)28)18-13-12-16(2)19(23)14-18/h7-14,20H,6,15H2,1-5H3,(H,24,26). The van der Waals surface area contributed by atoms with Crippen molar-refractivity contribution in [1.29, 1.82) is 0 Å². The van der Waals surface area contributed by atoms with Gasteiger partial charge in [0, 0.05) is 10.6 Å². The second-order valence-electron chi connectivity index (χ2n) is 7.95. The maximum atomic E-state index is 13.1. The molecule has 0 bridgehead atoms. The highest BCUT2D eigenvalue weighted by Gasteiger charge is 2.34. The highest BCUT2D eigenvalue weighted by Crippen LogP contribution is 2.28. The normalized spacial score (nSPS) is 13.0. The van der Waals surface area contributed by atoms with E-state index in [2.05, 4.69) is 5.32 Å². The lowest BCUT2D eigenvalue weighted by molar-refractivity contribution is -0.123. The Morgan fingerprint density at radius 3 is 2.31 bits per heavy atom. The number of nitrogens with one attached hydrogen (secondary N) is 1. The molecule has 1 atom stereocenters. The molecule has 2 rings (SSSR count). The van der Waals surface area contributed by atoms with E-state index in [1.54, 1.807) is 25.1 Å². The molecular formula is C22H29ClN2O3S. The van der Waals surface area contributed by atoms with Crippen LogP contribution in [0.25, 0.3) is 0 Å². The molecule has 158 valence electrons. The Kier molecular flexibility index (Phi) is 7.35. The molecule has 1 amide bonds. The number of aryl methyl sites for hydroxylation is 1. The molecule has 5 nitrogen and oxygen atoms in total. The van der Waals surface area contributed by atoms with Crippen molar-refractivity contribution in [2.45, 2.75) is 52.1 Å². The fraction of sp³-hybridized carbons (Fsp3) is 0.409. The highest BCUT2D eigenvalue weighted by molar-refractivity contribution is 7.92. The first-order chi connectivity index (χ1) is 13.4. The lowest BCUT2D eigenvalue weighted by Crippen LogP contribution is -2.55. The molecule has 7 heteroatoms. The first kappa shape index (κ1) is 23.2. The number of benzene rings is 2. The van der Waals surface area contributed by atoms with Crippen LogP contribution < -0.4 is 9.62 Å². The van der Waals surface area contributed by atoms with Gasteiger partial charge in [-0.2, -0.15) is 0 Å². The minimum Gasteiger partial charge on any atom is -0.349 e. The van der Waals surface area contributed by atoms with Crippen molar-refractivity contribution in [3.63, 3.8) is 0 Å². The summed E-state index contributed by atoms with van der Waals surface area (Å²) in [5.74, 6) is -0.337. The van der Waals surface area contributed by atoms with Crippen LogP contribution in [0.4, 0.5) is 5.69 Å². The zero-order chi connectivity index (χ0) is 21.8. The number of halogens is 1. The summed E-state index contributed by atoms with van der Waals surface area (Å²) in [4.78, 5) is 13.1. The summed E-state index contributed by atoms with van der Waals surface area (Å²) in [5, 5.41) is 3.48. The van der Waals surface area contributed by atoms with E-state index in [1.165, 1.54) is 0 Å². The molecule has 0 heterocycles. The van der Waals surface area contributed by atoms with Gasteiger partial charge in [-0.1, -0.05) is 54.9 Å². The number of amides is 1. The van der Waals surface area contributed by atoms with Crippen LogP contribution in [0.15, 0.2) is 48.5 Å². The number of nitrogens with zero attached hydrogens (tertiary/aromatic N) is 1.